The van der Waals surface area contributed by atoms with E-state index in [0.717, 1.165) is 25.7 Å². The van der Waals surface area contributed by atoms with Gasteiger partial charge in [-0.3, -0.25) is 9.59 Å². The Morgan fingerprint density at radius 1 is 1.13 bits per heavy atom. The van der Waals surface area contributed by atoms with Crippen LogP contribution in [0.5, 0.6) is 0 Å². The van der Waals surface area contributed by atoms with Gasteiger partial charge in [-0.2, -0.15) is 0 Å². The average molecular weight is 318 g/mol. The van der Waals surface area contributed by atoms with Crippen molar-refractivity contribution in [2.45, 2.75) is 63.3 Å². The molecular formula is C18H23FN2O2. The Kier molecular flexibility index (Phi) is 4.94. The van der Waals surface area contributed by atoms with Gasteiger partial charge in [0.1, 0.15) is 5.82 Å². The molecular weight excluding hydrogens is 295 g/mol. The van der Waals surface area contributed by atoms with E-state index < -0.39 is 11.7 Å². The molecule has 0 spiro atoms. The van der Waals surface area contributed by atoms with Crippen LogP contribution in [0.25, 0.3) is 0 Å². The molecule has 1 aromatic carbocycles. The van der Waals surface area contributed by atoms with Crippen LogP contribution in [0.3, 0.4) is 0 Å². The normalized spacial score (nSPS) is 22.5. The van der Waals surface area contributed by atoms with Crippen LogP contribution in [0.4, 0.5) is 10.1 Å². The minimum atomic E-state index is -0.523. The van der Waals surface area contributed by atoms with Gasteiger partial charge in [0.25, 0.3) is 0 Å². The van der Waals surface area contributed by atoms with Gasteiger partial charge in [-0.1, -0.05) is 38.2 Å². The van der Waals surface area contributed by atoms with Gasteiger partial charge in [0.2, 0.25) is 11.8 Å². The Hall–Kier alpha value is -1.91. The smallest absolute Gasteiger partial charge is 0.228 e. The van der Waals surface area contributed by atoms with E-state index >= 15 is 0 Å². The number of nitrogens with one attached hydrogen (secondary N) is 2. The third-order valence-electron chi connectivity index (χ3n) is 4.82. The van der Waals surface area contributed by atoms with Crippen LogP contribution in [0.1, 0.15) is 62.8 Å². The fourth-order valence-corrected chi connectivity index (χ4v) is 3.57. The second kappa shape index (κ2) is 7.11. The lowest BCUT2D eigenvalue weighted by molar-refractivity contribution is -0.127. The number of anilines is 1. The van der Waals surface area contributed by atoms with Gasteiger partial charge < -0.3 is 10.6 Å². The average Bonchev–Trinajstić information content (AvgIpc) is 2.48. The van der Waals surface area contributed by atoms with E-state index in [4.69, 9.17) is 0 Å². The van der Waals surface area contributed by atoms with Crippen molar-refractivity contribution in [1.29, 1.82) is 0 Å². The molecule has 1 aliphatic carbocycles. The maximum absolute atomic E-state index is 13.4. The first-order valence-corrected chi connectivity index (χ1v) is 8.53. The minimum absolute atomic E-state index is 0.113. The predicted molar refractivity (Wildman–Crippen MR) is 86.6 cm³/mol. The number of fused-ring (bicyclic) bond motifs is 1. The fourth-order valence-electron chi connectivity index (χ4n) is 3.57. The summed E-state index contributed by atoms with van der Waals surface area (Å²) in [7, 11) is 0. The molecule has 2 amide bonds. The molecule has 1 aromatic rings. The number of halogens is 1. The van der Waals surface area contributed by atoms with Crippen LogP contribution in [0, 0.1) is 5.82 Å². The summed E-state index contributed by atoms with van der Waals surface area (Å²) in [4.78, 5) is 24.5. The number of amides is 2. The third-order valence-corrected chi connectivity index (χ3v) is 4.82. The van der Waals surface area contributed by atoms with E-state index in [9.17, 15) is 14.0 Å². The number of carbonyl (C=O) groups is 2. The Labute approximate surface area is 135 Å². The van der Waals surface area contributed by atoms with Crippen LogP contribution in [0.15, 0.2) is 18.2 Å². The lowest BCUT2D eigenvalue weighted by Gasteiger charge is -2.28. The standard InChI is InChI=1S/C18H23FN2O2/c19-12-8-9-14-15(11-17(22)21-16(14)10-12)18(23)20-13-6-4-2-1-3-5-7-13/h8-10,13,15H,1-7,11H2,(H,20,23)(H,21,22)/t15-/m1/s1. The van der Waals surface area contributed by atoms with Crippen molar-refractivity contribution in [3.63, 3.8) is 0 Å². The lowest BCUT2D eigenvalue weighted by Crippen LogP contribution is -2.41. The molecule has 0 unspecified atom stereocenters. The first kappa shape index (κ1) is 16.0. The summed E-state index contributed by atoms with van der Waals surface area (Å²) in [6.07, 6.45) is 8.12. The topological polar surface area (TPSA) is 58.2 Å². The summed E-state index contributed by atoms with van der Waals surface area (Å²) in [5, 5.41) is 5.77. The van der Waals surface area contributed by atoms with Gasteiger partial charge in [0.15, 0.2) is 0 Å². The molecule has 1 atom stereocenters. The van der Waals surface area contributed by atoms with Crippen LogP contribution in [0.2, 0.25) is 0 Å². The van der Waals surface area contributed by atoms with E-state index in [0.29, 0.717) is 11.3 Å². The summed E-state index contributed by atoms with van der Waals surface area (Å²) >= 11 is 0. The molecule has 1 aliphatic heterocycles. The third kappa shape index (κ3) is 3.89. The number of benzene rings is 1. The quantitative estimate of drug-likeness (QED) is 0.877. The largest absolute Gasteiger partial charge is 0.353 e. The maximum Gasteiger partial charge on any atom is 0.228 e. The van der Waals surface area contributed by atoms with Gasteiger partial charge in [-0.15, -0.1) is 0 Å². The summed E-state index contributed by atoms with van der Waals surface area (Å²) < 4.78 is 13.4. The molecule has 0 radical (unpaired) electrons. The zero-order valence-corrected chi connectivity index (χ0v) is 13.2. The monoisotopic (exact) mass is 318 g/mol. The van der Waals surface area contributed by atoms with Crippen LogP contribution in [-0.4, -0.2) is 17.9 Å². The van der Waals surface area contributed by atoms with Gasteiger partial charge in [0, 0.05) is 18.2 Å². The van der Waals surface area contributed by atoms with Crippen molar-refractivity contribution in [2.75, 3.05) is 5.32 Å². The van der Waals surface area contributed by atoms with E-state index in [1.165, 1.54) is 31.4 Å². The molecule has 1 fully saturated rings. The molecule has 23 heavy (non-hydrogen) atoms. The Bertz CT molecular complexity index is 595. The number of carbonyl (C=O) groups excluding carboxylic acids is 2. The van der Waals surface area contributed by atoms with Crippen LogP contribution >= 0.6 is 0 Å². The molecule has 0 bridgehead atoms. The first-order chi connectivity index (χ1) is 11.1. The first-order valence-electron chi connectivity index (χ1n) is 8.53. The van der Waals surface area contributed by atoms with E-state index in [1.807, 2.05) is 0 Å². The summed E-state index contributed by atoms with van der Waals surface area (Å²) in [6.45, 7) is 0. The molecule has 4 nitrogen and oxygen atoms in total. The molecule has 124 valence electrons. The van der Waals surface area contributed by atoms with Crippen molar-refractivity contribution in [2.24, 2.45) is 0 Å². The lowest BCUT2D eigenvalue weighted by atomic mass is 9.88. The summed E-state index contributed by atoms with van der Waals surface area (Å²) in [5.74, 6) is -1.28. The highest BCUT2D eigenvalue weighted by molar-refractivity contribution is 6.01. The number of hydrogen-bond acceptors (Lipinski definition) is 2. The predicted octanol–water partition coefficient (Wildman–Crippen LogP) is 3.48. The van der Waals surface area contributed by atoms with Gasteiger partial charge in [0.05, 0.1) is 5.92 Å². The van der Waals surface area contributed by atoms with Crippen molar-refractivity contribution in [3.05, 3.63) is 29.6 Å². The molecule has 3 rings (SSSR count). The summed E-state index contributed by atoms with van der Waals surface area (Å²) in [5.41, 5.74) is 1.12. The van der Waals surface area contributed by atoms with Gasteiger partial charge in [-0.05, 0) is 30.5 Å². The van der Waals surface area contributed by atoms with Crippen molar-refractivity contribution >= 4 is 17.5 Å². The number of rotatable bonds is 2. The molecule has 2 aliphatic rings. The van der Waals surface area contributed by atoms with Crippen LogP contribution < -0.4 is 10.6 Å². The van der Waals surface area contributed by atoms with E-state index in [-0.39, 0.29) is 24.3 Å². The van der Waals surface area contributed by atoms with Crippen molar-refractivity contribution in [1.82, 2.24) is 5.32 Å². The SMILES string of the molecule is O=C1C[C@@H](C(=O)NC2CCCCCCC2)c2ccc(F)cc2N1. The molecule has 0 aromatic heterocycles. The zero-order chi connectivity index (χ0) is 16.2. The number of hydrogen-bond donors (Lipinski definition) is 2. The van der Waals surface area contributed by atoms with Crippen molar-refractivity contribution in [3.8, 4) is 0 Å². The maximum atomic E-state index is 13.4. The molecule has 0 saturated heterocycles. The molecule has 5 heteroatoms. The van der Waals surface area contributed by atoms with Crippen LogP contribution in [-0.2, 0) is 9.59 Å². The highest BCUT2D eigenvalue weighted by atomic mass is 19.1. The Morgan fingerprint density at radius 3 is 2.57 bits per heavy atom. The Morgan fingerprint density at radius 2 is 1.83 bits per heavy atom. The second-order valence-corrected chi connectivity index (χ2v) is 6.59. The summed E-state index contributed by atoms with van der Waals surface area (Å²) in [6, 6.07) is 4.41. The zero-order valence-electron chi connectivity index (χ0n) is 13.2. The van der Waals surface area contributed by atoms with E-state index in [1.54, 1.807) is 6.07 Å². The second-order valence-electron chi connectivity index (χ2n) is 6.59. The fraction of sp³-hybridized carbons (Fsp3) is 0.556. The molecule has 1 heterocycles. The van der Waals surface area contributed by atoms with Gasteiger partial charge in [-0.25, -0.2) is 4.39 Å². The minimum Gasteiger partial charge on any atom is -0.353 e. The van der Waals surface area contributed by atoms with Gasteiger partial charge >= 0.3 is 0 Å². The Balaban J connectivity index is 1.73. The van der Waals surface area contributed by atoms with Crippen molar-refractivity contribution < 1.29 is 14.0 Å². The molecule has 1 saturated carbocycles. The molecule has 2 N–H and O–H groups in total. The highest BCUT2D eigenvalue weighted by Gasteiger charge is 2.31. The van der Waals surface area contributed by atoms with E-state index in [2.05, 4.69) is 10.6 Å². The highest BCUT2D eigenvalue weighted by Crippen LogP contribution is 2.33.